The SMILES string of the molecule is CCN(CC)C(=O)COc1ccc(NC(=O)c2cc(Br)cn2CC)cc1Cl. The van der Waals surface area contributed by atoms with E-state index in [1.54, 1.807) is 29.2 Å². The Labute approximate surface area is 172 Å². The molecule has 0 saturated carbocycles. The number of halogens is 2. The molecule has 0 spiro atoms. The largest absolute Gasteiger partial charge is 0.482 e. The fourth-order valence-electron chi connectivity index (χ4n) is 2.62. The number of aryl methyl sites for hydroxylation is 1. The van der Waals surface area contributed by atoms with Gasteiger partial charge in [0.2, 0.25) is 0 Å². The first-order valence-corrected chi connectivity index (χ1v) is 9.93. The van der Waals surface area contributed by atoms with Gasteiger partial charge in [0.05, 0.1) is 5.02 Å². The van der Waals surface area contributed by atoms with Crippen LogP contribution in [0.25, 0.3) is 0 Å². The summed E-state index contributed by atoms with van der Waals surface area (Å²) in [4.78, 5) is 26.2. The molecule has 6 nitrogen and oxygen atoms in total. The van der Waals surface area contributed by atoms with E-state index in [4.69, 9.17) is 16.3 Å². The zero-order valence-electron chi connectivity index (χ0n) is 15.6. The maximum atomic E-state index is 12.5. The molecule has 0 aliphatic rings. The smallest absolute Gasteiger partial charge is 0.272 e. The van der Waals surface area contributed by atoms with Gasteiger partial charge in [-0.3, -0.25) is 9.59 Å². The number of likely N-dealkylation sites (N-methyl/N-ethyl adjacent to an activating group) is 1. The monoisotopic (exact) mass is 455 g/mol. The number of anilines is 1. The zero-order valence-corrected chi connectivity index (χ0v) is 17.9. The third-order valence-corrected chi connectivity index (χ3v) is 4.82. The Morgan fingerprint density at radius 1 is 1.22 bits per heavy atom. The van der Waals surface area contributed by atoms with Crippen molar-refractivity contribution in [3.8, 4) is 5.75 Å². The number of amides is 2. The molecule has 2 amide bonds. The van der Waals surface area contributed by atoms with Gasteiger partial charge in [-0.1, -0.05) is 11.6 Å². The molecular weight excluding hydrogens is 434 g/mol. The van der Waals surface area contributed by atoms with E-state index >= 15 is 0 Å². The van der Waals surface area contributed by atoms with Crippen LogP contribution in [0.2, 0.25) is 5.02 Å². The van der Waals surface area contributed by atoms with Crippen molar-refractivity contribution in [1.82, 2.24) is 9.47 Å². The highest BCUT2D eigenvalue weighted by Gasteiger charge is 2.15. The lowest BCUT2D eigenvalue weighted by molar-refractivity contribution is -0.132. The fraction of sp³-hybridized carbons (Fsp3) is 0.368. The molecule has 1 N–H and O–H groups in total. The third kappa shape index (κ3) is 5.49. The molecule has 2 aromatic rings. The Balaban J connectivity index is 2.03. The quantitative estimate of drug-likeness (QED) is 0.639. The molecule has 0 bridgehead atoms. The summed E-state index contributed by atoms with van der Waals surface area (Å²) in [5, 5.41) is 3.15. The van der Waals surface area contributed by atoms with Gasteiger partial charge in [-0.25, -0.2) is 0 Å². The Bertz CT molecular complexity index is 819. The predicted molar refractivity (Wildman–Crippen MR) is 111 cm³/mol. The van der Waals surface area contributed by atoms with Crippen molar-refractivity contribution in [3.05, 3.63) is 45.7 Å². The number of nitrogens with one attached hydrogen (secondary N) is 1. The van der Waals surface area contributed by atoms with Gasteiger partial charge in [-0.2, -0.15) is 0 Å². The molecular formula is C19H23BrClN3O3. The first-order valence-electron chi connectivity index (χ1n) is 8.76. The van der Waals surface area contributed by atoms with E-state index in [0.29, 0.717) is 41.8 Å². The van der Waals surface area contributed by atoms with E-state index in [2.05, 4.69) is 21.2 Å². The summed E-state index contributed by atoms with van der Waals surface area (Å²) in [6, 6.07) is 6.69. The van der Waals surface area contributed by atoms with Crippen molar-refractivity contribution in [2.24, 2.45) is 0 Å². The lowest BCUT2D eigenvalue weighted by atomic mass is 10.3. The second-order valence-electron chi connectivity index (χ2n) is 5.78. The van der Waals surface area contributed by atoms with Crippen LogP contribution in [0.5, 0.6) is 5.75 Å². The molecule has 27 heavy (non-hydrogen) atoms. The average molecular weight is 457 g/mol. The molecule has 0 saturated heterocycles. The van der Waals surface area contributed by atoms with Crippen LogP contribution in [-0.2, 0) is 11.3 Å². The Hall–Kier alpha value is -1.99. The summed E-state index contributed by atoms with van der Waals surface area (Å²) in [5.74, 6) is 0.0678. The fourth-order valence-corrected chi connectivity index (χ4v) is 3.32. The van der Waals surface area contributed by atoms with Crippen molar-refractivity contribution in [1.29, 1.82) is 0 Å². The van der Waals surface area contributed by atoms with Crippen LogP contribution in [0.3, 0.4) is 0 Å². The van der Waals surface area contributed by atoms with Gasteiger partial charge in [0.15, 0.2) is 6.61 Å². The van der Waals surface area contributed by atoms with Crippen molar-refractivity contribution in [2.45, 2.75) is 27.3 Å². The molecule has 0 aliphatic carbocycles. The second-order valence-corrected chi connectivity index (χ2v) is 7.11. The number of rotatable bonds is 8. The van der Waals surface area contributed by atoms with E-state index in [1.807, 2.05) is 31.5 Å². The number of aromatic nitrogens is 1. The number of ether oxygens (including phenoxy) is 1. The Morgan fingerprint density at radius 3 is 2.52 bits per heavy atom. The van der Waals surface area contributed by atoms with Crippen LogP contribution in [0.4, 0.5) is 5.69 Å². The minimum Gasteiger partial charge on any atom is -0.482 e. The molecule has 0 atom stereocenters. The minimum atomic E-state index is -0.232. The summed E-state index contributed by atoms with van der Waals surface area (Å²) < 4.78 is 8.21. The first-order chi connectivity index (χ1) is 12.9. The maximum Gasteiger partial charge on any atom is 0.272 e. The molecule has 0 radical (unpaired) electrons. The number of nitrogens with zero attached hydrogens (tertiary/aromatic N) is 2. The highest BCUT2D eigenvalue weighted by atomic mass is 79.9. The minimum absolute atomic E-state index is 0.0782. The molecule has 0 aliphatic heterocycles. The van der Waals surface area contributed by atoms with Crippen LogP contribution in [0, 0.1) is 0 Å². The summed E-state index contributed by atoms with van der Waals surface area (Å²) in [6.45, 7) is 7.66. The van der Waals surface area contributed by atoms with Gasteiger partial charge in [0.1, 0.15) is 11.4 Å². The van der Waals surface area contributed by atoms with Gasteiger partial charge in [-0.05, 0) is 61.0 Å². The van der Waals surface area contributed by atoms with Gasteiger partial charge in [-0.15, -0.1) is 0 Å². The van der Waals surface area contributed by atoms with E-state index in [9.17, 15) is 9.59 Å². The van der Waals surface area contributed by atoms with Crippen LogP contribution in [0.15, 0.2) is 34.9 Å². The highest BCUT2D eigenvalue weighted by Crippen LogP contribution is 2.28. The van der Waals surface area contributed by atoms with Crippen molar-refractivity contribution in [2.75, 3.05) is 25.0 Å². The normalized spacial score (nSPS) is 10.6. The number of benzene rings is 1. The van der Waals surface area contributed by atoms with Crippen molar-refractivity contribution in [3.63, 3.8) is 0 Å². The summed E-state index contributed by atoms with van der Waals surface area (Å²) in [6.07, 6.45) is 1.85. The zero-order chi connectivity index (χ0) is 20.0. The van der Waals surface area contributed by atoms with Crippen molar-refractivity contribution < 1.29 is 14.3 Å². The summed E-state index contributed by atoms with van der Waals surface area (Å²) in [5.41, 5.74) is 1.10. The molecule has 0 fully saturated rings. The van der Waals surface area contributed by atoms with Crippen LogP contribution < -0.4 is 10.1 Å². The number of hydrogen-bond acceptors (Lipinski definition) is 3. The molecule has 1 aromatic heterocycles. The van der Waals surface area contributed by atoms with Gasteiger partial charge in [0.25, 0.3) is 11.8 Å². The number of hydrogen-bond donors (Lipinski definition) is 1. The lowest BCUT2D eigenvalue weighted by Gasteiger charge is -2.19. The van der Waals surface area contributed by atoms with E-state index < -0.39 is 0 Å². The van der Waals surface area contributed by atoms with E-state index in [0.717, 1.165) is 4.47 Å². The highest BCUT2D eigenvalue weighted by molar-refractivity contribution is 9.10. The second kappa shape index (κ2) is 9.80. The van der Waals surface area contributed by atoms with Crippen LogP contribution in [0.1, 0.15) is 31.3 Å². The van der Waals surface area contributed by atoms with E-state index in [1.165, 1.54) is 0 Å². The third-order valence-electron chi connectivity index (χ3n) is 4.09. The molecule has 1 aromatic carbocycles. The maximum absolute atomic E-state index is 12.5. The van der Waals surface area contributed by atoms with Crippen LogP contribution in [-0.4, -0.2) is 41.0 Å². The standard InChI is InChI=1S/C19H23BrClN3O3/c1-4-23(5-2)18(25)12-27-17-8-7-14(10-15(17)21)22-19(26)16-9-13(20)11-24(16)6-3/h7-11H,4-6,12H2,1-3H3,(H,22,26). The van der Waals surface area contributed by atoms with E-state index in [-0.39, 0.29) is 18.4 Å². The molecule has 146 valence electrons. The molecule has 0 unspecified atom stereocenters. The van der Waals surface area contributed by atoms with Gasteiger partial charge >= 0.3 is 0 Å². The Morgan fingerprint density at radius 2 is 1.93 bits per heavy atom. The predicted octanol–water partition coefficient (Wildman–Crippen LogP) is 4.42. The number of carbonyl (C=O) groups is 2. The number of carbonyl (C=O) groups excluding carboxylic acids is 2. The topological polar surface area (TPSA) is 63.6 Å². The average Bonchev–Trinajstić information content (AvgIpc) is 3.03. The van der Waals surface area contributed by atoms with Gasteiger partial charge in [0, 0.05) is 36.0 Å². The first kappa shape index (κ1) is 21.3. The summed E-state index contributed by atoms with van der Waals surface area (Å²) in [7, 11) is 0. The molecule has 1 heterocycles. The molecule has 8 heteroatoms. The summed E-state index contributed by atoms with van der Waals surface area (Å²) >= 11 is 9.62. The van der Waals surface area contributed by atoms with Crippen LogP contribution >= 0.6 is 27.5 Å². The van der Waals surface area contributed by atoms with Gasteiger partial charge < -0.3 is 19.5 Å². The lowest BCUT2D eigenvalue weighted by Crippen LogP contribution is -2.34. The van der Waals surface area contributed by atoms with Crippen molar-refractivity contribution >= 4 is 45.0 Å². The Kier molecular flexibility index (Phi) is 7.74. The molecule has 2 rings (SSSR count).